The Bertz CT molecular complexity index is 334. The van der Waals surface area contributed by atoms with E-state index >= 15 is 0 Å². The SMILES string of the molecule is NC1(CCc2cnn(C3CC3)c2)CC1. The maximum absolute atomic E-state index is 6.05. The van der Waals surface area contributed by atoms with Crippen molar-refractivity contribution in [3.63, 3.8) is 0 Å². The van der Waals surface area contributed by atoms with E-state index in [-0.39, 0.29) is 5.54 Å². The number of aryl methyl sites for hydroxylation is 1. The van der Waals surface area contributed by atoms with E-state index in [2.05, 4.69) is 16.0 Å². The van der Waals surface area contributed by atoms with Gasteiger partial charge in [0.05, 0.1) is 12.2 Å². The number of rotatable bonds is 4. The lowest BCUT2D eigenvalue weighted by atomic mass is 10.1. The van der Waals surface area contributed by atoms with Crippen molar-refractivity contribution in [3.8, 4) is 0 Å². The molecule has 0 saturated heterocycles. The van der Waals surface area contributed by atoms with Gasteiger partial charge in [-0.25, -0.2) is 0 Å². The number of hydrogen-bond donors (Lipinski definition) is 1. The molecule has 2 fully saturated rings. The summed E-state index contributed by atoms with van der Waals surface area (Å²) >= 11 is 0. The Morgan fingerprint density at radius 3 is 2.93 bits per heavy atom. The summed E-state index contributed by atoms with van der Waals surface area (Å²) in [6.07, 6.45) is 11.5. The quantitative estimate of drug-likeness (QED) is 0.786. The number of nitrogens with two attached hydrogens (primary N) is 1. The molecule has 2 N–H and O–H groups in total. The van der Waals surface area contributed by atoms with Crippen LogP contribution in [0.15, 0.2) is 12.4 Å². The molecule has 2 aliphatic carbocycles. The smallest absolute Gasteiger partial charge is 0.0521 e. The van der Waals surface area contributed by atoms with E-state index in [1.54, 1.807) is 0 Å². The van der Waals surface area contributed by atoms with Gasteiger partial charge >= 0.3 is 0 Å². The molecule has 2 saturated carbocycles. The number of aromatic nitrogens is 2. The van der Waals surface area contributed by atoms with Crippen LogP contribution in [-0.4, -0.2) is 15.3 Å². The highest BCUT2D eigenvalue weighted by Gasteiger charge is 2.37. The molecule has 3 heteroatoms. The number of hydrogen-bond acceptors (Lipinski definition) is 2. The number of nitrogens with zero attached hydrogens (tertiary/aromatic N) is 2. The van der Waals surface area contributed by atoms with Gasteiger partial charge in [-0.1, -0.05) is 0 Å². The summed E-state index contributed by atoms with van der Waals surface area (Å²) in [5, 5.41) is 4.38. The van der Waals surface area contributed by atoms with Crippen molar-refractivity contribution in [1.29, 1.82) is 0 Å². The van der Waals surface area contributed by atoms with Crippen molar-refractivity contribution in [1.82, 2.24) is 9.78 Å². The second-order valence-corrected chi connectivity index (χ2v) is 4.92. The van der Waals surface area contributed by atoms with Crippen molar-refractivity contribution in [2.24, 2.45) is 5.73 Å². The second-order valence-electron chi connectivity index (χ2n) is 4.92. The summed E-state index contributed by atoms with van der Waals surface area (Å²) in [6, 6.07) is 0.705. The molecule has 0 unspecified atom stereocenters. The molecule has 0 atom stereocenters. The largest absolute Gasteiger partial charge is 0.325 e. The average Bonchev–Trinajstić information content (AvgIpc) is 3.08. The summed E-state index contributed by atoms with van der Waals surface area (Å²) in [5.74, 6) is 0. The molecule has 0 bridgehead atoms. The van der Waals surface area contributed by atoms with Crippen LogP contribution >= 0.6 is 0 Å². The first kappa shape index (κ1) is 8.48. The summed E-state index contributed by atoms with van der Waals surface area (Å²) in [4.78, 5) is 0. The van der Waals surface area contributed by atoms with Crippen molar-refractivity contribution in [3.05, 3.63) is 18.0 Å². The second kappa shape index (κ2) is 2.83. The standard InChI is InChI=1S/C11H17N3/c12-11(5-6-11)4-3-9-7-13-14(8-9)10-1-2-10/h7-8,10H,1-6,12H2. The monoisotopic (exact) mass is 191 g/mol. The third kappa shape index (κ3) is 1.69. The maximum atomic E-state index is 6.05. The van der Waals surface area contributed by atoms with Crippen molar-refractivity contribution in [2.45, 2.75) is 50.1 Å². The van der Waals surface area contributed by atoms with Crippen LogP contribution in [0.5, 0.6) is 0 Å². The van der Waals surface area contributed by atoms with Gasteiger partial charge in [0.1, 0.15) is 0 Å². The van der Waals surface area contributed by atoms with Crippen molar-refractivity contribution < 1.29 is 0 Å². The molecule has 76 valence electrons. The summed E-state index contributed by atoms with van der Waals surface area (Å²) in [5.41, 5.74) is 7.58. The van der Waals surface area contributed by atoms with E-state index in [1.165, 1.54) is 31.2 Å². The highest BCUT2D eigenvalue weighted by molar-refractivity contribution is 5.09. The van der Waals surface area contributed by atoms with Crippen molar-refractivity contribution in [2.75, 3.05) is 0 Å². The van der Waals surface area contributed by atoms with Gasteiger partial charge in [-0.05, 0) is 44.1 Å². The molecule has 14 heavy (non-hydrogen) atoms. The van der Waals surface area contributed by atoms with Gasteiger partial charge in [0.2, 0.25) is 0 Å². The minimum atomic E-state index is 0.182. The molecular formula is C11H17N3. The Hall–Kier alpha value is -0.830. The summed E-state index contributed by atoms with van der Waals surface area (Å²) in [6.45, 7) is 0. The fraction of sp³-hybridized carbons (Fsp3) is 0.727. The minimum absolute atomic E-state index is 0.182. The lowest BCUT2D eigenvalue weighted by Gasteiger charge is -2.05. The van der Waals surface area contributed by atoms with Crippen LogP contribution in [0.25, 0.3) is 0 Å². The van der Waals surface area contributed by atoms with Crippen LogP contribution in [0.3, 0.4) is 0 Å². The molecule has 2 aliphatic rings. The van der Waals surface area contributed by atoms with Crippen LogP contribution in [0.2, 0.25) is 0 Å². The van der Waals surface area contributed by atoms with E-state index < -0.39 is 0 Å². The zero-order chi connectivity index (χ0) is 9.60. The van der Waals surface area contributed by atoms with E-state index in [4.69, 9.17) is 5.73 Å². The molecule has 0 amide bonds. The average molecular weight is 191 g/mol. The molecule has 3 nitrogen and oxygen atoms in total. The fourth-order valence-electron chi connectivity index (χ4n) is 1.85. The Morgan fingerprint density at radius 2 is 2.29 bits per heavy atom. The molecular weight excluding hydrogens is 174 g/mol. The normalized spacial score (nSPS) is 23.8. The van der Waals surface area contributed by atoms with Crippen LogP contribution in [0.4, 0.5) is 0 Å². The molecule has 0 aliphatic heterocycles. The molecule has 1 aromatic rings. The molecule has 3 rings (SSSR count). The Balaban J connectivity index is 1.59. The summed E-state index contributed by atoms with van der Waals surface area (Å²) in [7, 11) is 0. The minimum Gasteiger partial charge on any atom is -0.325 e. The van der Waals surface area contributed by atoms with Gasteiger partial charge in [-0.15, -0.1) is 0 Å². The molecule has 1 heterocycles. The molecule has 0 aromatic carbocycles. The fourth-order valence-corrected chi connectivity index (χ4v) is 1.85. The molecule has 1 aromatic heterocycles. The van der Waals surface area contributed by atoms with E-state index in [1.807, 2.05) is 6.20 Å². The van der Waals surface area contributed by atoms with Crippen LogP contribution in [-0.2, 0) is 6.42 Å². The molecule has 0 radical (unpaired) electrons. The Kier molecular flexibility index (Phi) is 1.71. The third-order valence-electron chi connectivity index (χ3n) is 3.38. The van der Waals surface area contributed by atoms with Gasteiger partial charge in [0.25, 0.3) is 0 Å². The Morgan fingerprint density at radius 1 is 1.50 bits per heavy atom. The first-order valence-corrected chi connectivity index (χ1v) is 5.57. The van der Waals surface area contributed by atoms with Crippen LogP contribution in [0.1, 0.15) is 43.7 Å². The first-order valence-electron chi connectivity index (χ1n) is 5.57. The highest BCUT2D eigenvalue weighted by Crippen LogP contribution is 2.37. The lowest BCUT2D eigenvalue weighted by Crippen LogP contribution is -2.21. The van der Waals surface area contributed by atoms with Gasteiger partial charge in [-0.3, -0.25) is 4.68 Å². The van der Waals surface area contributed by atoms with Crippen molar-refractivity contribution >= 4 is 0 Å². The molecule has 0 spiro atoms. The topological polar surface area (TPSA) is 43.8 Å². The van der Waals surface area contributed by atoms with Gasteiger partial charge in [-0.2, -0.15) is 5.10 Å². The van der Waals surface area contributed by atoms with Crippen LogP contribution < -0.4 is 5.73 Å². The third-order valence-corrected chi connectivity index (χ3v) is 3.38. The van der Waals surface area contributed by atoms with E-state index in [0.717, 1.165) is 12.8 Å². The highest BCUT2D eigenvalue weighted by atomic mass is 15.3. The maximum Gasteiger partial charge on any atom is 0.0521 e. The van der Waals surface area contributed by atoms with Crippen LogP contribution in [0, 0.1) is 0 Å². The first-order chi connectivity index (χ1) is 6.75. The zero-order valence-corrected chi connectivity index (χ0v) is 8.45. The zero-order valence-electron chi connectivity index (χ0n) is 8.45. The van der Waals surface area contributed by atoms with Gasteiger partial charge in [0, 0.05) is 11.7 Å². The predicted octanol–water partition coefficient (Wildman–Crippen LogP) is 1.64. The lowest BCUT2D eigenvalue weighted by molar-refractivity contribution is 0.607. The summed E-state index contributed by atoms with van der Waals surface area (Å²) < 4.78 is 2.12. The van der Waals surface area contributed by atoms with Gasteiger partial charge < -0.3 is 5.73 Å². The van der Waals surface area contributed by atoms with Gasteiger partial charge in [0.15, 0.2) is 0 Å². The van der Waals surface area contributed by atoms with E-state index in [0.29, 0.717) is 6.04 Å². The van der Waals surface area contributed by atoms with E-state index in [9.17, 15) is 0 Å². The Labute approximate surface area is 84.3 Å². The predicted molar refractivity (Wildman–Crippen MR) is 55.0 cm³/mol.